The third-order valence-corrected chi connectivity index (χ3v) is 6.23. The van der Waals surface area contributed by atoms with Crippen LogP contribution in [0.5, 0.6) is 11.5 Å². The summed E-state index contributed by atoms with van der Waals surface area (Å²) < 4.78 is 42.2. The number of rotatable bonds is 11. The molecule has 214 valence electrons. The first-order valence-corrected chi connectivity index (χ1v) is 13.4. The van der Waals surface area contributed by atoms with Gasteiger partial charge in [0.1, 0.15) is 23.1 Å². The van der Waals surface area contributed by atoms with E-state index >= 15 is 0 Å². The van der Waals surface area contributed by atoms with Gasteiger partial charge in [-0.05, 0) is 44.4 Å². The van der Waals surface area contributed by atoms with Crippen LogP contribution in [0.25, 0.3) is 22.4 Å². The lowest BCUT2D eigenvalue weighted by Crippen LogP contribution is -2.08. The van der Waals surface area contributed by atoms with E-state index in [-0.39, 0.29) is 17.9 Å². The van der Waals surface area contributed by atoms with E-state index in [0.717, 1.165) is 22.2 Å². The summed E-state index contributed by atoms with van der Waals surface area (Å²) in [6.07, 6.45) is 5.66. The number of nitrogens with one attached hydrogen (secondary N) is 1. The lowest BCUT2D eigenvalue weighted by Gasteiger charge is -2.15. The maximum Gasteiger partial charge on any atom is 0.183 e. The molecule has 1 N–H and O–H groups in total. The molecule has 0 spiro atoms. The van der Waals surface area contributed by atoms with Crippen molar-refractivity contribution in [3.8, 4) is 23.0 Å². The molecule has 41 heavy (non-hydrogen) atoms. The molecule has 2 aromatic heterocycles. The molecule has 0 aliphatic rings. The molecule has 2 heterocycles. The number of methoxy groups -OCH3 is 1. The molecule has 4 rings (SSSR count). The Morgan fingerprint density at radius 1 is 1.15 bits per heavy atom. The molecule has 0 aliphatic heterocycles. The Labute approximate surface area is 239 Å². The Balaban J connectivity index is 1.79. The zero-order valence-corrected chi connectivity index (χ0v) is 24.3. The lowest BCUT2D eigenvalue weighted by molar-refractivity contribution is 0.335. The van der Waals surface area contributed by atoms with Gasteiger partial charge in [-0.3, -0.25) is 4.68 Å². The Hall–Kier alpha value is -4.53. The van der Waals surface area contributed by atoms with Crippen LogP contribution in [-0.2, 0) is 6.54 Å². The van der Waals surface area contributed by atoms with Crippen molar-refractivity contribution >= 4 is 16.7 Å². The van der Waals surface area contributed by atoms with E-state index in [2.05, 4.69) is 36.8 Å². The molecule has 0 atom stereocenters. The fraction of sp³-hybridized carbons (Fsp3) is 0.281. The van der Waals surface area contributed by atoms with Crippen molar-refractivity contribution in [1.82, 2.24) is 19.7 Å². The number of para-hydroxylation sites is 1. The van der Waals surface area contributed by atoms with Crippen molar-refractivity contribution in [1.29, 1.82) is 0 Å². The molecule has 0 saturated heterocycles. The van der Waals surface area contributed by atoms with Crippen LogP contribution in [0.4, 0.5) is 14.6 Å². The average Bonchev–Trinajstić information content (AvgIpc) is 3.28. The fourth-order valence-corrected chi connectivity index (χ4v) is 4.48. The number of benzene rings is 2. The first-order chi connectivity index (χ1) is 19.6. The number of anilines is 1. The lowest BCUT2D eigenvalue weighted by atomic mass is 10.1. The van der Waals surface area contributed by atoms with Crippen molar-refractivity contribution in [2.45, 2.75) is 41.2 Å². The predicted octanol–water partition coefficient (Wildman–Crippen LogP) is 7.70. The number of ether oxygens (including phenoxy) is 2. The molecule has 2 aromatic carbocycles. The molecular formula is C32H35F2N5O2. The summed E-state index contributed by atoms with van der Waals surface area (Å²) in [5, 5.41) is 8.83. The second kappa shape index (κ2) is 12.8. The average molecular weight is 560 g/mol. The summed E-state index contributed by atoms with van der Waals surface area (Å²) >= 11 is 0. The Morgan fingerprint density at radius 2 is 1.85 bits per heavy atom. The van der Waals surface area contributed by atoms with Gasteiger partial charge in [0, 0.05) is 28.8 Å². The molecule has 0 radical (unpaired) electrons. The van der Waals surface area contributed by atoms with Gasteiger partial charge in [-0.2, -0.15) is 5.10 Å². The third-order valence-electron chi connectivity index (χ3n) is 6.23. The highest BCUT2D eigenvalue weighted by Crippen LogP contribution is 2.32. The third kappa shape index (κ3) is 6.80. The molecule has 0 aliphatic carbocycles. The molecule has 4 aromatic rings. The van der Waals surface area contributed by atoms with Gasteiger partial charge in [-0.25, -0.2) is 18.7 Å². The second-order valence-corrected chi connectivity index (χ2v) is 10.1. The van der Waals surface area contributed by atoms with Crippen molar-refractivity contribution in [3.05, 3.63) is 95.4 Å². The smallest absolute Gasteiger partial charge is 0.183 e. The van der Waals surface area contributed by atoms with E-state index in [0.29, 0.717) is 41.1 Å². The van der Waals surface area contributed by atoms with Gasteiger partial charge < -0.3 is 14.8 Å². The van der Waals surface area contributed by atoms with Crippen LogP contribution in [0.3, 0.4) is 0 Å². The molecule has 0 saturated carbocycles. The quantitative estimate of drug-likeness (QED) is 0.190. The Bertz CT molecular complexity index is 1620. The summed E-state index contributed by atoms with van der Waals surface area (Å²) in [4.78, 5) is 9.29. The van der Waals surface area contributed by atoms with Crippen LogP contribution in [-0.4, -0.2) is 33.5 Å². The molecule has 0 unspecified atom stereocenters. The summed E-state index contributed by atoms with van der Waals surface area (Å²) in [5.41, 5.74) is 3.76. The van der Waals surface area contributed by atoms with Crippen LogP contribution in [0.2, 0.25) is 0 Å². The molecule has 0 amide bonds. The number of halogens is 2. The minimum Gasteiger partial charge on any atom is -0.494 e. The highest BCUT2D eigenvalue weighted by molar-refractivity contribution is 5.92. The van der Waals surface area contributed by atoms with E-state index in [1.807, 2.05) is 44.2 Å². The van der Waals surface area contributed by atoms with Crippen molar-refractivity contribution in [3.63, 3.8) is 0 Å². The SMILES string of the molecule is C=C(C)/C=C(Nc1nc(-c2nn(Cc3c(F)cc(OCC)cc3F)c3ccccc23)ncc1OC)\C(C)=C/C(C)C. The van der Waals surface area contributed by atoms with Crippen LogP contribution in [0, 0.1) is 17.6 Å². The molecule has 0 fully saturated rings. The zero-order chi connectivity index (χ0) is 29.7. The highest BCUT2D eigenvalue weighted by atomic mass is 19.1. The maximum atomic E-state index is 14.9. The predicted molar refractivity (Wildman–Crippen MR) is 159 cm³/mol. The van der Waals surface area contributed by atoms with Gasteiger partial charge in [0.05, 0.1) is 32.0 Å². The molecular weight excluding hydrogens is 524 g/mol. The van der Waals surface area contributed by atoms with Crippen LogP contribution < -0.4 is 14.8 Å². The van der Waals surface area contributed by atoms with E-state index in [9.17, 15) is 8.78 Å². The first kappa shape index (κ1) is 29.5. The normalized spacial score (nSPS) is 12.2. The van der Waals surface area contributed by atoms with Gasteiger partial charge >= 0.3 is 0 Å². The number of allylic oxidation sites excluding steroid dienone is 4. The van der Waals surface area contributed by atoms with Gasteiger partial charge in [-0.1, -0.05) is 50.3 Å². The van der Waals surface area contributed by atoms with E-state index in [4.69, 9.17) is 19.6 Å². The minimum atomic E-state index is -0.705. The summed E-state index contributed by atoms with van der Waals surface area (Å²) in [7, 11) is 1.55. The van der Waals surface area contributed by atoms with Crippen molar-refractivity contribution < 1.29 is 18.3 Å². The Morgan fingerprint density at radius 3 is 2.49 bits per heavy atom. The van der Waals surface area contributed by atoms with E-state index in [1.54, 1.807) is 24.9 Å². The summed E-state index contributed by atoms with van der Waals surface area (Å²) in [6, 6.07) is 9.80. The number of aromatic nitrogens is 4. The number of hydrogen-bond donors (Lipinski definition) is 1. The fourth-order valence-electron chi connectivity index (χ4n) is 4.48. The maximum absolute atomic E-state index is 14.9. The molecule has 0 bridgehead atoms. The Kier molecular flexibility index (Phi) is 9.17. The zero-order valence-electron chi connectivity index (χ0n) is 24.3. The molecule has 7 nitrogen and oxygen atoms in total. The van der Waals surface area contributed by atoms with E-state index in [1.165, 1.54) is 12.1 Å². The minimum absolute atomic E-state index is 0.117. The highest BCUT2D eigenvalue weighted by Gasteiger charge is 2.20. The topological polar surface area (TPSA) is 74.1 Å². The van der Waals surface area contributed by atoms with Crippen LogP contribution in [0.15, 0.2) is 78.2 Å². The standard InChI is InChI=1S/C32H35F2N5O2/c1-8-41-22-15-25(33)24(26(34)16-22)18-39-28-12-10-9-11-23(28)30(38-39)32-35-17-29(40-7)31(37-32)36-27(14-20(4)5)21(6)13-19(2)3/h9-17,19H,4,8,18H2,1-3,5-7H3,(H,35,36,37)/b21-13-,27-14+. The summed E-state index contributed by atoms with van der Waals surface area (Å²) in [6.45, 7) is 14.1. The van der Waals surface area contributed by atoms with Crippen LogP contribution in [0.1, 0.15) is 40.2 Å². The van der Waals surface area contributed by atoms with Gasteiger partial charge in [0.25, 0.3) is 0 Å². The summed E-state index contributed by atoms with van der Waals surface area (Å²) in [5.74, 6) is 0.295. The van der Waals surface area contributed by atoms with E-state index < -0.39 is 11.6 Å². The molecule has 9 heteroatoms. The van der Waals surface area contributed by atoms with Crippen molar-refractivity contribution in [2.75, 3.05) is 19.0 Å². The second-order valence-electron chi connectivity index (χ2n) is 10.1. The van der Waals surface area contributed by atoms with Gasteiger partial charge in [-0.15, -0.1) is 0 Å². The van der Waals surface area contributed by atoms with Crippen LogP contribution >= 0.6 is 0 Å². The first-order valence-electron chi connectivity index (χ1n) is 13.4. The number of fused-ring (bicyclic) bond motifs is 1. The van der Waals surface area contributed by atoms with Crippen molar-refractivity contribution in [2.24, 2.45) is 5.92 Å². The monoisotopic (exact) mass is 559 g/mol. The largest absolute Gasteiger partial charge is 0.494 e. The number of nitrogens with zero attached hydrogens (tertiary/aromatic N) is 4. The van der Waals surface area contributed by atoms with Gasteiger partial charge in [0.2, 0.25) is 0 Å². The number of hydrogen-bond acceptors (Lipinski definition) is 6. The van der Waals surface area contributed by atoms with Gasteiger partial charge in [0.15, 0.2) is 17.4 Å².